The van der Waals surface area contributed by atoms with E-state index in [2.05, 4.69) is 10.9 Å². The Kier molecular flexibility index (Phi) is 10.5. The van der Waals surface area contributed by atoms with E-state index in [0.717, 1.165) is 5.56 Å². The third-order valence-electron chi connectivity index (χ3n) is 7.43. The molecular formula is C34H34ClN3O6S. The molecule has 1 aliphatic heterocycles. The Hall–Kier alpha value is -4.22. The predicted octanol–water partition coefficient (Wildman–Crippen LogP) is 5.04. The fourth-order valence-electron chi connectivity index (χ4n) is 5.00. The summed E-state index contributed by atoms with van der Waals surface area (Å²) in [5, 5.41) is 9.57. The highest BCUT2D eigenvalue weighted by Gasteiger charge is 2.53. The SMILES string of the molecule is O=C(NNCc1ccccc1Cl)[C@@]1(CCS(=O)(=O)c2ccccc2)N=C(c2ccc(OCCCO)cc2)O[C@H]1c1ccccc1. The van der Waals surface area contributed by atoms with Gasteiger partial charge in [-0.3, -0.25) is 10.2 Å². The Bertz CT molecular complexity index is 1720. The summed E-state index contributed by atoms with van der Waals surface area (Å²) >= 11 is 6.31. The number of carbonyl (C=O) groups excluding carboxylic acids is 1. The molecule has 0 spiro atoms. The average Bonchev–Trinajstić information content (AvgIpc) is 3.47. The Morgan fingerprint density at radius 2 is 1.60 bits per heavy atom. The standard InChI is InChI=1S/C34H34ClN3O6S/c35-30-15-8-7-12-27(30)24-36-38-33(40)34(20-23-45(41,42)29-13-5-2-6-14-29)31(25-10-3-1-4-11-25)44-32(37-34)26-16-18-28(19-17-26)43-22-9-21-39/h1-8,10-19,31,36,39H,9,20-24H2,(H,38,40)/t31-,34-/m0/s1. The predicted molar refractivity (Wildman–Crippen MR) is 173 cm³/mol. The van der Waals surface area contributed by atoms with E-state index in [1.54, 1.807) is 48.5 Å². The van der Waals surface area contributed by atoms with Crippen LogP contribution in [0.15, 0.2) is 119 Å². The molecule has 1 heterocycles. The van der Waals surface area contributed by atoms with Gasteiger partial charge in [0.2, 0.25) is 5.90 Å². The Morgan fingerprint density at radius 3 is 2.29 bits per heavy atom. The Labute approximate surface area is 267 Å². The fraction of sp³-hybridized carbons (Fsp3) is 0.235. The normalized spacial score (nSPS) is 17.7. The minimum atomic E-state index is -3.77. The van der Waals surface area contributed by atoms with Gasteiger partial charge in [-0.1, -0.05) is 78.3 Å². The van der Waals surface area contributed by atoms with E-state index in [0.29, 0.717) is 34.9 Å². The number of benzene rings is 4. The molecule has 0 aliphatic carbocycles. The van der Waals surface area contributed by atoms with Crippen LogP contribution in [0.5, 0.6) is 5.75 Å². The molecule has 0 fully saturated rings. The summed E-state index contributed by atoms with van der Waals surface area (Å²) < 4.78 is 39.0. The first-order chi connectivity index (χ1) is 21.8. The van der Waals surface area contributed by atoms with Gasteiger partial charge in [0.25, 0.3) is 5.91 Å². The third-order valence-corrected chi connectivity index (χ3v) is 9.53. The lowest BCUT2D eigenvalue weighted by atomic mass is 9.85. The molecule has 9 nitrogen and oxygen atoms in total. The number of nitrogens with one attached hydrogen (secondary N) is 2. The van der Waals surface area contributed by atoms with Crippen molar-refractivity contribution in [1.82, 2.24) is 10.9 Å². The zero-order valence-corrected chi connectivity index (χ0v) is 26.0. The molecule has 2 atom stereocenters. The molecule has 4 aromatic carbocycles. The summed E-state index contributed by atoms with van der Waals surface area (Å²) in [5.41, 5.74) is 6.07. The van der Waals surface area contributed by atoms with E-state index in [-0.39, 0.29) is 36.1 Å². The number of aliphatic hydroxyl groups excluding tert-OH is 1. The van der Waals surface area contributed by atoms with Crippen LogP contribution < -0.4 is 15.6 Å². The monoisotopic (exact) mass is 647 g/mol. The fourth-order valence-corrected chi connectivity index (χ4v) is 6.59. The first-order valence-electron chi connectivity index (χ1n) is 14.5. The molecule has 5 rings (SSSR count). The average molecular weight is 648 g/mol. The van der Waals surface area contributed by atoms with Crippen molar-refractivity contribution in [2.75, 3.05) is 19.0 Å². The smallest absolute Gasteiger partial charge is 0.266 e. The largest absolute Gasteiger partial charge is 0.494 e. The van der Waals surface area contributed by atoms with Crippen molar-refractivity contribution in [3.05, 3.63) is 131 Å². The number of aliphatic hydroxyl groups is 1. The summed E-state index contributed by atoms with van der Waals surface area (Å²) in [6.45, 7) is 0.625. The van der Waals surface area contributed by atoms with Crippen LogP contribution in [0.1, 0.15) is 35.6 Å². The quantitative estimate of drug-likeness (QED) is 0.129. The number of hydrogen-bond acceptors (Lipinski definition) is 8. The van der Waals surface area contributed by atoms with E-state index < -0.39 is 27.4 Å². The van der Waals surface area contributed by atoms with Gasteiger partial charge >= 0.3 is 0 Å². The lowest BCUT2D eigenvalue weighted by molar-refractivity contribution is -0.130. The number of rotatable bonds is 14. The molecule has 1 amide bonds. The van der Waals surface area contributed by atoms with Crippen molar-refractivity contribution >= 4 is 33.2 Å². The van der Waals surface area contributed by atoms with Crippen LogP contribution in [-0.2, 0) is 25.9 Å². The highest BCUT2D eigenvalue weighted by molar-refractivity contribution is 7.91. The van der Waals surface area contributed by atoms with Crippen molar-refractivity contribution in [3.63, 3.8) is 0 Å². The molecule has 45 heavy (non-hydrogen) atoms. The van der Waals surface area contributed by atoms with Gasteiger partial charge in [-0.2, -0.15) is 0 Å². The molecule has 4 aromatic rings. The number of carbonyl (C=O) groups is 1. The van der Waals surface area contributed by atoms with Crippen molar-refractivity contribution in [2.24, 2.45) is 4.99 Å². The number of sulfone groups is 1. The minimum absolute atomic E-state index is 0.0288. The lowest BCUT2D eigenvalue weighted by Crippen LogP contribution is -2.53. The molecule has 1 aliphatic rings. The molecular weight excluding hydrogens is 614 g/mol. The first kappa shape index (κ1) is 32.2. The van der Waals surface area contributed by atoms with Gasteiger partial charge in [0.1, 0.15) is 5.75 Å². The summed E-state index contributed by atoms with van der Waals surface area (Å²) in [5.74, 6) is -0.0994. The lowest BCUT2D eigenvalue weighted by Gasteiger charge is -2.30. The molecule has 11 heteroatoms. The number of halogens is 1. The van der Waals surface area contributed by atoms with Gasteiger partial charge < -0.3 is 14.6 Å². The maximum Gasteiger partial charge on any atom is 0.266 e. The van der Waals surface area contributed by atoms with Gasteiger partial charge in [-0.25, -0.2) is 18.8 Å². The Morgan fingerprint density at radius 1 is 0.933 bits per heavy atom. The molecule has 0 aromatic heterocycles. The van der Waals surface area contributed by atoms with Gasteiger partial charge in [-0.15, -0.1) is 0 Å². The van der Waals surface area contributed by atoms with Crippen LogP contribution in [-0.4, -0.2) is 49.8 Å². The van der Waals surface area contributed by atoms with E-state index in [9.17, 15) is 13.2 Å². The van der Waals surface area contributed by atoms with Crippen LogP contribution >= 0.6 is 11.6 Å². The highest BCUT2D eigenvalue weighted by Crippen LogP contribution is 2.43. The maximum atomic E-state index is 14.2. The summed E-state index contributed by atoms with van der Waals surface area (Å²) in [6, 6.07) is 31.6. The molecule has 0 saturated heterocycles. The van der Waals surface area contributed by atoms with Crippen LogP contribution in [0.4, 0.5) is 0 Å². The molecule has 0 saturated carbocycles. The van der Waals surface area contributed by atoms with E-state index in [1.807, 2.05) is 48.5 Å². The van der Waals surface area contributed by atoms with Crippen molar-refractivity contribution in [1.29, 1.82) is 0 Å². The maximum absolute atomic E-state index is 14.2. The number of nitrogens with zero attached hydrogens (tertiary/aromatic N) is 1. The van der Waals surface area contributed by atoms with Crippen molar-refractivity contribution in [3.8, 4) is 5.75 Å². The number of aliphatic imine (C=N–C) groups is 1. The molecule has 234 valence electrons. The number of hydrogen-bond donors (Lipinski definition) is 3. The zero-order chi connectivity index (χ0) is 31.7. The molecule has 0 radical (unpaired) electrons. The van der Waals surface area contributed by atoms with E-state index in [1.165, 1.54) is 12.1 Å². The van der Waals surface area contributed by atoms with E-state index in [4.69, 9.17) is 31.2 Å². The second-order valence-electron chi connectivity index (χ2n) is 10.5. The van der Waals surface area contributed by atoms with Gasteiger partial charge in [0, 0.05) is 36.6 Å². The first-order valence-corrected chi connectivity index (χ1v) is 16.6. The number of amides is 1. The second kappa shape index (κ2) is 14.7. The summed E-state index contributed by atoms with van der Waals surface area (Å²) in [7, 11) is -3.77. The molecule has 0 bridgehead atoms. The van der Waals surface area contributed by atoms with Gasteiger partial charge in [0.05, 0.1) is 17.3 Å². The van der Waals surface area contributed by atoms with Crippen LogP contribution in [0.3, 0.4) is 0 Å². The van der Waals surface area contributed by atoms with Gasteiger partial charge in [-0.05, 0) is 53.6 Å². The molecule has 3 N–H and O–H groups in total. The van der Waals surface area contributed by atoms with Crippen molar-refractivity contribution < 1.29 is 27.8 Å². The van der Waals surface area contributed by atoms with Crippen LogP contribution in [0, 0.1) is 0 Å². The van der Waals surface area contributed by atoms with Crippen LogP contribution in [0.2, 0.25) is 5.02 Å². The summed E-state index contributed by atoms with van der Waals surface area (Å²) in [6.07, 6.45) is -0.582. The second-order valence-corrected chi connectivity index (χ2v) is 13.0. The van der Waals surface area contributed by atoms with E-state index >= 15 is 0 Å². The third kappa shape index (κ3) is 7.72. The van der Waals surface area contributed by atoms with Crippen molar-refractivity contribution in [2.45, 2.75) is 35.9 Å². The Balaban J connectivity index is 1.50. The molecule has 0 unspecified atom stereocenters. The summed E-state index contributed by atoms with van der Waals surface area (Å²) in [4.78, 5) is 19.3. The van der Waals surface area contributed by atoms with Gasteiger partial charge in [0.15, 0.2) is 21.5 Å². The highest BCUT2D eigenvalue weighted by atomic mass is 35.5. The topological polar surface area (TPSA) is 126 Å². The number of ether oxygens (including phenoxy) is 2. The zero-order valence-electron chi connectivity index (χ0n) is 24.4. The number of hydrazine groups is 1. The van der Waals surface area contributed by atoms with Crippen LogP contribution in [0.25, 0.3) is 0 Å². The minimum Gasteiger partial charge on any atom is -0.494 e.